The van der Waals surface area contributed by atoms with Crippen LogP contribution in [-0.4, -0.2) is 18.4 Å². The van der Waals surface area contributed by atoms with Gasteiger partial charge in [0, 0.05) is 25.1 Å². The summed E-state index contributed by atoms with van der Waals surface area (Å²) < 4.78 is 5.75. The van der Waals surface area contributed by atoms with E-state index in [2.05, 4.69) is 24.5 Å². The van der Waals surface area contributed by atoms with E-state index in [1.807, 2.05) is 42.5 Å². The fourth-order valence-corrected chi connectivity index (χ4v) is 3.12. The van der Waals surface area contributed by atoms with Crippen molar-refractivity contribution in [2.45, 2.75) is 59.0 Å². The molecule has 0 spiro atoms. The van der Waals surface area contributed by atoms with Crippen molar-refractivity contribution in [3.63, 3.8) is 0 Å². The second kappa shape index (κ2) is 13.4. The van der Waals surface area contributed by atoms with Gasteiger partial charge < -0.3 is 15.4 Å². The van der Waals surface area contributed by atoms with E-state index in [9.17, 15) is 9.59 Å². The molecule has 2 N–H and O–H groups in total. The first-order chi connectivity index (χ1) is 14.6. The van der Waals surface area contributed by atoms with Gasteiger partial charge in [-0.1, -0.05) is 63.4 Å². The van der Waals surface area contributed by atoms with Crippen LogP contribution in [0, 0.1) is 5.92 Å². The van der Waals surface area contributed by atoms with E-state index >= 15 is 0 Å². The number of anilines is 1. The first-order valence-corrected chi connectivity index (χ1v) is 10.9. The van der Waals surface area contributed by atoms with Crippen LogP contribution in [0.1, 0.15) is 57.9 Å². The lowest BCUT2D eigenvalue weighted by Crippen LogP contribution is -2.29. The summed E-state index contributed by atoms with van der Waals surface area (Å²) in [4.78, 5) is 24.1. The minimum atomic E-state index is -0.166. The number of rotatable bonds is 13. The van der Waals surface area contributed by atoms with Crippen molar-refractivity contribution in [3.8, 4) is 5.75 Å². The molecule has 30 heavy (non-hydrogen) atoms. The van der Waals surface area contributed by atoms with Gasteiger partial charge in [-0.05, 0) is 42.2 Å². The minimum absolute atomic E-state index is 0.0650. The van der Waals surface area contributed by atoms with Gasteiger partial charge in [-0.15, -0.1) is 0 Å². The lowest BCUT2D eigenvalue weighted by atomic mass is 9.99. The van der Waals surface area contributed by atoms with Gasteiger partial charge in [-0.3, -0.25) is 9.59 Å². The number of carbonyl (C=O) groups excluding carboxylic acids is 2. The Morgan fingerprint density at radius 1 is 0.933 bits per heavy atom. The molecule has 0 aliphatic rings. The summed E-state index contributed by atoms with van der Waals surface area (Å²) in [6.45, 7) is 5.52. The smallest absolute Gasteiger partial charge is 0.224 e. The molecule has 0 aliphatic carbocycles. The molecule has 1 atom stereocenters. The highest BCUT2D eigenvalue weighted by Gasteiger charge is 2.10. The largest absolute Gasteiger partial charge is 0.489 e. The van der Waals surface area contributed by atoms with Crippen molar-refractivity contribution < 1.29 is 14.3 Å². The quantitative estimate of drug-likeness (QED) is 0.470. The molecule has 162 valence electrons. The molecule has 0 saturated carbocycles. The third-order valence-electron chi connectivity index (χ3n) is 5.10. The Labute approximate surface area is 180 Å². The van der Waals surface area contributed by atoms with Gasteiger partial charge >= 0.3 is 0 Å². The van der Waals surface area contributed by atoms with Gasteiger partial charge in [0.15, 0.2) is 0 Å². The number of nitrogens with one attached hydrogen (secondary N) is 2. The second-order valence-electron chi connectivity index (χ2n) is 7.57. The standard InChI is InChI=1S/C25H34N2O3/c1-3-5-9-20(4-2)18-26-24(28)16-17-25(29)27-22-12-14-23(15-13-22)30-19-21-10-7-6-8-11-21/h6-8,10-15,20H,3-5,9,16-19H2,1-2H3,(H,26,28)(H,27,29)/t20-/m0/s1. The fraction of sp³-hybridized carbons (Fsp3) is 0.440. The van der Waals surface area contributed by atoms with Crippen molar-refractivity contribution in [1.82, 2.24) is 5.32 Å². The maximum Gasteiger partial charge on any atom is 0.224 e. The number of benzene rings is 2. The van der Waals surface area contributed by atoms with E-state index in [4.69, 9.17) is 4.74 Å². The average molecular weight is 411 g/mol. The van der Waals surface area contributed by atoms with E-state index in [1.165, 1.54) is 12.8 Å². The highest BCUT2D eigenvalue weighted by atomic mass is 16.5. The third kappa shape index (κ3) is 9.12. The first-order valence-electron chi connectivity index (χ1n) is 10.9. The summed E-state index contributed by atoms with van der Waals surface area (Å²) >= 11 is 0. The molecule has 2 amide bonds. The molecule has 0 aromatic heterocycles. The Morgan fingerprint density at radius 3 is 2.30 bits per heavy atom. The Kier molecular flexibility index (Phi) is 10.5. The highest BCUT2D eigenvalue weighted by molar-refractivity contribution is 5.93. The van der Waals surface area contributed by atoms with Crippen LogP contribution >= 0.6 is 0 Å². The predicted octanol–water partition coefficient (Wildman–Crippen LogP) is 5.32. The first kappa shape index (κ1) is 23.5. The molecule has 0 fully saturated rings. The van der Waals surface area contributed by atoms with E-state index in [-0.39, 0.29) is 24.7 Å². The molecule has 5 nitrogen and oxygen atoms in total. The van der Waals surface area contributed by atoms with Crippen molar-refractivity contribution in [3.05, 3.63) is 60.2 Å². The maximum absolute atomic E-state index is 12.1. The summed E-state index contributed by atoms with van der Waals surface area (Å²) in [7, 11) is 0. The molecule has 0 radical (unpaired) electrons. The van der Waals surface area contributed by atoms with Gasteiger partial charge in [-0.2, -0.15) is 0 Å². The minimum Gasteiger partial charge on any atom is -0.489 e. The third-order valence-corrected chi connectivity index (χ3v) is 5.10. The van der Waals surface area contributed by atoms with Crippen LogP contribution < -0.4 is 15.4 Å². The Morgan fingerprint density at radius 2 is 1.63 bits per heavy atom. The van der Waals surface area contributed by atoms with Crippen molar-refractivity contribution in [1.29, 1.82) is 0 Å². The van der Waals surface area contributed by atoms with Gasteiger partial charge in [0.05, 0.1) is 0 Å². The molecule has 2 aromatic rings. The van der Waals surface area contributed by atoms with Crippen LogP contribution in [0.5, 0.6) is 5.75 Å². The topological polar surface area (TPSA) is 67.4 Å². The van der Waals surface area contributed by atoms with Gasteiger partial charge in [0.1, 0.15) is 12.4 Å². The molecular weight excluding hydrogens is 376 g/mol. The molecule has 0 saturated heterocycles. The molecule has 0 aliphatic heterocycles. The van der Waals surface area contributed by atoms with Crippen LogP contribution in [0.3, 0.4) is 0 Å². The van der Waals surface area contributed by atoms with Crippen LogP contribution in [0.2, 0.25) is 0 Å². The number of hydrogen-bond acceptors (Lipinski definition) is 3. The number of ether oxygens (including phenoxy) is 1. The summed E-state index contributed by atoms with van der Waals surface area (Å²) in [5.41, 5.74) is 1.79. The highest BCUT2D eigenvalue weighted by Crippen LogP contribution is 2.17. The Hall–Kier alpha value is -2.82. The SMILES string of the molecule is CCCC[C@H](CC)CNC(=O)CCC(=O)Nc1ccc(OCc2ccccc2)cc1. The Balaban J connectivity index is 1.67. The maximum atomic E-state index is 12.1. The second-order valence-corrected chi connectivity index (χ2v) is 7.57. The van der Waals surface area contributed by atoms with Crippen LogP contribution in [0.15, 0.2) is 54.6 Å². The van der Waals surface area contributed by atoms with E-state index in [0.717, 1.165) is 24.2 Å². The summed E-state index contributed by atoms with van der Waals surface area (Å²) in [6, 6.07) is 17.2. The van der Waals surface area contributed by atoms with Gasteiger partial charge in [-0.25, -0.2) is 0 Å². The van der Waals surface area contributed by atoms with Crippen molar-refractivity contribution >= 4 is 17.5 Å². The monoisotopic (exact) mass is 410 g/mol. The van der Waals surface area contributed by atoms with Crippen LogP contribution in [0.25, 0.3) is 0 Å². The fourth-order valence-electron chi connectivity index (χ4n) is 3.12. The van der Waals surface area contributed by atoms with E-state index in [1.54, 1.807) is 12.1 Å². The van der Waals surface area contributed by atoms with Crippen LogP contribution in [-0.2, 0) is 16.2 Å². The lowest BCUT2D eigenvalue weighted by Gasteiger charge is -2.15. The molecule has 2 rings (SSSR count). The van der Waals surface area contributed by atoms with Gasteiger partial charge in [0.2, 0.25) is 11.8 Å². The zero-order chi connectivity index (χ0) is 21.6. The van der Waals surface area contributed by atoms with Crippen LogP contribution in [0.4, 0.5) is 5.69 Å². The molecule has 0 unspecified atom stereocenters. The van der Waals surface area contributed by atoms with E-state index in [0.29, 0.717) is 24.8 Å². The molecular formula is C25H34N2O3. The Bertz CT molecular complexity index is 760. The number of unbranched alkanes of at least 4 members (excludes halogenated alkanes) is 1. The van der Waals surface area contributed by atoms with E-state index < -0.39 is 0 Å². The lowest BCUT2D eigenvalue weighted by molar-refractivity contribution is -0.124. The molecule has 5 heteroatoms. The number of hydrogen-bond donors (Lipinski definition) is 2. The van der Waals surface area contributed by atoms with Gasteiger partial charge in [0.25, 0.3) is 0 Å². The van der Waals surface area contributed by atoms with Crippen molar-refractivity contribution in [2.75, 3.05) is 11.9 Å². The number of amides is 2. The molecule has 2 aromatic carbocycles. The zero-order valence-electron chi connectivity index (χ0n) is 18.2. The summed E-state index contributed by atoms with van der Waals surface area (Å²) in [6.07, 6.45) is 4.93. The average Bonchev–Trinajstić information content (AvgIpc) is 2.78. The molecule has 0 heterocycles. The summed E-state index contributed by atoms with van der Waals surface area (Å²) in [5, 5.41) is 5.79. The molecule has 0 bridgehead atoms. The number of carbonyl (C=O) groups is 2. The summed E-state index contributed by atoms with van der Waals surface area (Å²) in [5.74, 6) is 1.03. The van der Waals surface area contributed by atoms with Crippen molar-refractivity contribution in [2.24, 2.45) is 5.92 Å². The predicted molar refractivity (Wildman–Crippen MR) is 121 cm³/mol. The zero-order valence-corrected chi connectivity index (χ0v) is 18.2. The normalized spacial score (nSPS) is 11.5.